The van der Waals surface area contributed by atoms with Gasteiger partial charge in [0.1, 0.15) is 0 Å². The highest BCUT2D eigenvalue weighted by Crippen LogP contribution is 2.19. The molecule has 1 fully saturated rings. The first-order valence-electron chi connectivity index (χ1n) is 6.03. The van der Waals surface area contributed by atoms with Crippen molar-refractivity contribution in [2.75, 3.05) is 0 Å². The van der Waals surface area contributed by atoms with Crippen LogP contribution in [0.3, 0.4) is 0 Å². The number of nitrogens with one attached hydrogen (secondary N) is 1. The van der Waals surface area contributed by atoms with Gasteiger partial charge in [0.25, 0.3) is 0 Å². The molecule has 4 nitrogen and oxygen atoms in total. The topological polar surface area (TPSA) is 42.7 Å². The molecule has 0 aromatic carbocycles. The Bertz CT molecular complexity index is 473. The third-order valence-electron chi connectivity index (χ3n) is 2.95. The predicted octanol–water partition coefficient (Wildman–Crippen LogP) is 1.58. The summed E-state index contributed by atoms with van der Waals surface area (Å²) in [5.41, 5.74) is 2.37. The third kappa shape index (κ3) is 2.91. The molecular weight excluding hydrogens is 212 g/mol. The van der Waals surface area contributed by atoms with Crippen molar-refractivity contribution < 1.29 is 0 Å². The standard InChI is InChI=1S/C13H16N4/c1-2-12(1)15-7-13-9-17(10-16-13)8-11-3-5-14-6-4-11/h3-6,9-10,12,15H,1-2,7-8H2. The van der Waals surface area contributed by atoms with E-state index < -0.39 is 0 Å². The first-order chi connectivity index (χ1) is 8.40. The molecule has 1 saturated carbocycles. The van der Waals surface area contributed by atoms with E-state index in [-0.39, 0.29) is 0 Å². The summed E-state index contributed by atoms with van der Waals surface area (Å²) in [4.78, 5) is 8.41. The zero-order valence-corrected chi connectivity index (χ0v) is 9.71. The van der Waals surface area contributed by atoms with Gasteiger partial charge < -0.3 is 9.88 Å². The van der Waals surface area contributed by atoms with Crippen LogP contribution in [-0.2, 0) is 13.1 Å². The molecule has 88 valence electrons. The third-order valence-corrected chi connectivity index (χ3v) is 2.95. The van der Waals surface area contributed by atoms with Crippen molar-refractivity contribution in [2.24, 2.45) is 0 Å². The largest absolute Gasteiger partial charge is 0.333 e. The van der Waals surface area contributed by atoms with Gasteiger partial charge >= 0.3 is 0 Å². The summed E-state index contributed by atoms with van der Waals surface area (Å²) in [5, 5.41) is 3.46. The molecule has 0 radical (unpaired) electrons. The van der Waals surface area contributed by atoms with Crippen LogP contribution < -0.4 is 5.32 Å². The molecule has 0 atom stereocenters. The van der Waals surface area contributed by atoms with Gasteiger partial charge in [-0.2, -0.15) is 0 Å². The molecular formula is C13H16N4. The quantitative estimate of drug-likeness (QED) is 0.845. The van der Waals surface area contributed by atoms with Crippen LogP contribution in [-0.4, -0.2) is 20.6 Å². The molecule has 17 heavy (non-hydrogen) atoms. The van der Waals surface area contributed by atoms with Crippen LogP contribution in [0.4, 0.5) is 0 Å². The maximum atomic E-state index is 4.40. The lowest BCUT2D eigenvalue weighted by Crippen LogP contribution is -2.15. The molecule has 2 aromatic heterocycles. The second-order valence-corrected chi connectivity index (χ2v) is 4.55. The molecule has 0 unspecified atom stereocenters. The summed E-state index contributed by atoms with van der Waals surface area (Å²) >= 11 is 0. The van der Waals surface area contributed by atoms with E-state index in [1.165, 1.54) is 18.4 Å². The van der Waals surface area contributed by atoms with E-state index in [1.54, 1.807) is 0 Å². The molecule has 1 N–H and O–H groups in total. The fraction of sp³-hybridized carbons (Fsp3) is 0.385. The summed E-state index contributed by atoms with van der Waals surface area (Å²) in [7, 11) is 0. The molecule has 0 amide bonds. The predicted molar refractivity (Wildman–Crippen MR) is 65.4 cm³/mol. The fourth-order valence-electron chi connectivity index (χ4n) is 1.82. The Balaban J connectivity index is 1.59. The van der Waals surface area contributed by atoms with E-state index >= 15 is 0 Å². The first-order valence-corrected chi connectivity index (χ1v) is 6.03. The molecule has 0 bridgehead atoms. The lowest BCUT2D eigenvalue weighted by atomic mass is 10.3. The van der Waals surface area contributed by atoms with Gasteiger partial charge in [-0.15, -0.1) is 0 Å². The van der Waals surface area contributed by atoms with Crippen molar-refractivity contribution in [3.63, 3.8) is 0 Å². The van der Waals surface area contributed by atoms with Crippen LogP contribution in [0.25, 0.3) is 0 Å². The van der Waals surface area contributed by atoms with Crippen molar-refractivity contribution >= 4 is 0 Å². The highest BCUT2D eigenvalue weighted by molar-refractivity contribution is 5.11. The van der Waals surface area contributed by atoms with E-state index in [1.807, 2.05) is 30.9 Å². The number of rotatable bonds is 5. The first kappa shape index (κ1) is 10.5. The Morgan fingerprint density at radius 2 is 2.12 bits per heavy atom. The van der Waals surface area contributed by atoms with E-state index in [2.05, 4.69) is 26.0 Å². The zero-order valence-electron chi connectivity index (χ0n) is 9.71. The maximum Gasteiger partial charge on any atom is 0.0953 e. The maximum absolute atomic E-state index is 4.40. The number of hydrogen-bond acceptors (Lipinski definition) is 3. The summed E-state index contributed by atoms with van der Waals surface area (Å²) < 4.78 is 2.11. The van der Waals surface area contributed by atoms with Crippen molar-refractivity contribution in [2.45, 2.75) is 32.0 Å². The van der Waals surface area contributed by atoms with E-state index in [4.69, 9.17) is 0 Å². The number of imidazole rings is 1. The van der Waals surface area contributed by atoms with Gasteiger partial charge in [0, 0.05) is 37.7 Å². The molecule has 2 aromatic rings. The minimum atomic E-state index is 0.736. The lowest BCUT2D eigenvalue weighted by molar-refractivity contribution is 0.676. The van der Waals surface area contributed by atoms with Crippen LogP contribution in [0.2, 0.25) is 0 Å². The van der Waals surface area contributed by atoms with Gasteiger partial charge in [0.2, 0.25) is 0 Å². The number of aromatic nitrogens is 3. The molecule has 0 spiro atoms. The lowest BCUT2D eigenvalue weighted by Gasteiger charge is -2.01. The smallest absolute Gasteiger partial charge is 0.0953 e. The van der Waals surface area contributed by atoms with Crippen LogP contribution in [0.15, 0.2) is 37.1 Å². The van der Waals surface area contributed by atoms with E-state index in [0.29, 0.717) is 0 Å². The molecule has 4 heteroatoms. The van der Waals surface area contributed by atoms with Gasteiger partial charge in [-0.05, 0) is 30.5 Å². The van der Waals surface area contributed by atoms with Gasteiger partial charge in [0.05, 0.1) is 12.0 Å². The summed E-state index contributed by atoms with van der Waals surface area (Å²) in [5.74, 6) is 0. The van der Waals surface area contributed by atoms with Crippen LogP contribution in [0.1, 0.15) is 24.1 Å². The highest BCUT2D eigenvalue weighted by Gasteiger charge is 2.20. The average Bonchev–Trinajstić information content (AvgIpc) is 3.09. The van der Waals surface area contributed by atoms with Gasteiger partial charge in [0.15, 0.2) is 0 Å². The molecule has 1 aliphatic carbocycles. The summed E-state index contributed by atoms with van der Waals surface area (Å²) in [6.45, 7) is 1.74. The second-order valence-electron chi connectivity index (χ2n) is 4.55. The molecule has 3 rings (SSSR count). The van der Waals surface area contributed by atoms with E-state index in [0.717, 1.165) is 24.8 Å². The Morgan fingerprint density at radius 3 is 2.88 bits per heavy atom. The minimum absolute atomic E-state index is 0.736. The van der Waals surface area contributed by atoms with Gasteiger partial charge in [-0.1, -0.05) is 0 Å². The molecule has 2 heterocycles. The number of pyridine rings is 1. The Labute approximate surface area is 101 Å². The van der Waals surface area contributed by atoms with Crippen LogP contribution in [0, 0.1) is 0 Å². The summed E-state index contributed by atoms with van der Waals surface area (Å²) in [6, 6.07) is 4.80. The Kier molecular flexibility index (Phi) is 2.88. The fourth-order valence-corrected chi connectivity index (χ4v) is 1.82. The van der Waals surface area contributed by atoms with E-state index in [9.17, 15) is 0 Å². The average molecular weight is 228 g/mol. The van der Waals surface area contributed by atoms with Gasteiger partial charge in [-0.25, -0.2) is 4.98 Å². The SMILES string of the molecule is c1cc(Cn2cnc(CNC3CC3)c2)ccn1. The molecule has 0 aliphatic heterocycles. The molecule has 0 saturated heterocycles. The zero-order chi connectivity index (χ0) is 11.5. The monoisotopic (exact) mass is 228 g/mol. The number of nitrogens with zero attached hydrogens (tertiary/aromatic N) is 3. The Hall–Kier alpha value is -1.68. The minimum Gasteiger partial charge on any atom is -0.333 e. The van der Waals surface area contributed by atoms with Crippen molar-refractivity contribution in [1.82, 2.24) is 19.9 Å². The Morgan fingerprint density at radius 1 is 1.29 bits per heavy atom. The van der Waals surface area contributed by atoms with Crippen molar-refractivity contribution in [3.8, 4) is 0 Å². The summed E-state index contributed by atoms with van der Waals surface area (Å²) in [6.07, 6.45) is 10.3. The van der Waals surface area contributed by atoms with Crippen molar-refractivity contribution in [1.29, 1.82) is 0 Å². The normalized spacial score (nSPS) is 15.1. The molecule has 1 aliphatic rings. The number of hydrogen-bond donors (Lipinski definition) is 1. The van der Waals surface area contributed by atoms with Gasteiger partial charge in [-0.3, -0.25) is 4.98 Å². The van der Waals surface area contributed by atoms with Crippen LogP contribution >= 0.6 is 0 Å². The highest BCUT2D eigenvalue weighted by atomic mass is 15.1. The second kappa shape index (κ2) is 4.67. The van der Waals surface area contributed by atoms with Crippen LogP contribution in [0.5, 0.6) is 0 Å². The van der Waals surface area contributed by atoms with Crippen molar-refractivity contribution in [3.05, 3.63) is 48.3 Å².